The van der Waals surface area contributed by atoms with Gasteiger partial charge in [-0.3, -0.25) is 14.5 Å². The molecule has 154 valence electrons. The number of nitrogens with zero attached hydrogens (tertiary/aromatic N) is 5. The number of nitro benzene ring substituents is 1. The molecule has 1 aromatic carbocycles. The van der Waals surface area contributed by atoms with Crippen molar-refractivity contribution in [2.24, 2.45) is 21.7 Å². The lowest BCUT2D eigenvalue weighted by Crippen LogP contribution is -2.21. The molecule has 29 heavy (non-hydrogen) atoms. The highest BCUT2D eigenvalue weighted by Gasteiger charge is 2.24. The maximum Gasteiger partial charge on any atom is 0.314 e. The molecule has 0 bridgehead atoms. The molecule has 11 nitrogen and oxygen atoms in total. The molecular formula is C16H18ClN7O4S. The topological polar surface area (TPSA) is 156 Å². The average molecular weight is 440 g/mol. The first-order valence-corrected chi connectivity index (χ1v) is 8.74. The number of thiazole rings is 1. The zero-order valence-corrected chi connectivity index (χ0v) is 17.3. The number of aromatic nitrogens is 2. The number of nitrogens with two attached hydrogens (primary N) is 2. The second-order valence-electron chi connectivity index (χ2n) is 5.59. The number of rotatable bonds is 6. The summed E-state index contributed by atoms with van der Waals surface area (Å²) in [5.41, 5.74) is 13.0. The van der Waals surface area contributed by atoms with Crippen LogP contribution in [-0.2, 0) is 0 Å². The lowest BCUT2D eigenvalue weighted by molar-refractivity contribution is -0.385. The normalized spacial score (nSPS) is 10.7. The van der Waals surface area contributed by atoms with Gasteiger partial charge in [0.15, 0.2) is 10.7 Å². The Balaban J connectivity index is 0.00000300. The van der Waals surface area contributed by atoms with E-state index in [0.717, 1.165) is 5.69 Å². The van der Waals surface area contributed by atoms with E-state index in [4.69, 9.17) is 20.9 Å². The number of methoxy groups -OCH3 is 2. The molecule has 0 radical (unpaired) electrons. The molecular weight excluding hydrogens is 422 g/mol. The van der Waals surface area contributed by atoms with Gasteiger partial charge in [0.25, 0.3) is 0 Å². The molecule has 0 fully saturated rings. The summed E-state index contributed by atoms with van der Waals surface area (Å²) in [6, 6.07) is 2.81. The summed E-state index contributed by atoms with van der Waals surface area (Å²) in [7, 11) is 2.78. The molecule has 13 heteroatoms. The van der Waals surface area contributed by atoms with E-state index in [1.807, 2.05) is 16.7 Å². The van der Waals surface area contributed by atoms with Gasteiger partial charge in [0.1, 0.15) is 11.4 Å². The first-order valence-electron chi connectivity index (χ1n) is 7.86. The summed E-state index contributed by atoms with van der Waals surface area (Å²) in [5.74, 6) is 0.170. The summed E-state index contributed by atoms with van der Waals surface area (Å²) in [6.45, 7) is 1.92. The molecule has 0 saturated carbocycles. The molecule has 2 aromatic heterocycles. The minimum atomic E-state index is -0.540. The van der Waals surface area contributed by atoms with Crippen molar-refractivity contribution < 1.29 is 14.4 Å². The Morgan fingerprint density at radius 2 is 2.00 bits per heavy atom. The van der Waals surface area contributed by atoms with Gasteiger partial charge in [-0.05, 0) is 6.92 Å². The van der Waals surface area contributed by atoms with Gasteiger partial charge in [-0.15, -0.1) is 28.8 Å². The number of halogens is 1. The Morgan fingerprint density at radius 1 is 1.31 bits per heavy atom. The number of fused-ring (bicyclic) bond motifs is 1. The van der Waals surface area contributed by atoms with Crippen LogP contribution in [0.1, 0.15) is 11.4 Å². The van der Waals surface area contributed by atoms with Crippen LogP contribution in [0, 0.1) is 17.0 Å². The second-order valence-corrected chi connectivity index (χ2v) is 6.43. The molecule has 3 rings (SSSR count). The molecule has 0 aliphatic rings. The molecule has 0 amide bonds. The van der Waals surface area contributed by atoms with Crippen LogP contribution in [0.4, 0.5) is 5.69 Å². The molecule has 0 saturated heterocycles. The van der Waals surface area contributed by atoms with E-state index in [0.29, 0.717) is 21.9 Å². The van der Waals surface area contributed by atoms with Crippen molar-refractivity contribution in [3.8, 4) is 22.8 Å². The van der Waals surface area contributed by atoms with Crippen molar-refractivity contribution in [3.05, 3.63) is 39.0 Å². The van der Waals surface area contributed by atoms with Gasteiger partial charge in [-0.1, -0.05) is 0 Å². The fourth-order valence-corrected chi connectivity index (χ4v) is 3.57. The largest absolute Gasteiger partial charge is 0.496 e. The van der Waals surface area contributed by atoms with Gasteiger partial charge in [-0.2, -0.15) is 5.10 Å². The number of guanidine groups is 1. The summed E-state index contributed by atoms with van der Waals surface area (Å²) < 4.78 is 12.4. The fraction of sp³-hybridized carbons (Fsp3) is 0.188. The predicted octanol–water partition coefficient (Wildman–Crippen LogP) is 2.33. The van der Waals surface area contributed by atoms with Crippen LogP contribution in [-0.4, -0.2) is 40.7 Å². The van der Waals surface area contributed by atoms with Gasteiger partial charge in [0.2, 0.25) is 5.96 Å². The van der Waals surface area contributed by atoms with Gasteiger partial charge in [0.05, 0.1) is 37.1 Å². The quantitative estimate of drug-likeness (QED) is 0.258. The monoisotopic (exact) mass is 439 g/mol. The predicted molar refractivity (Wildman–Crippen MR) is 114 cm³/mol. The molecule has 0 aliphatic heterocycles. The van der Waals surface area contributed by atoms with Crippen molar-refractivity contribution >= 4 is 46.6 Å². The molecule has 2 heterocycles. The molecule has 0 aliphatic carbocycles. The highest BCUT2D eigenvalue weighted by Crippen LogP contribution is 2.41. The van der Waals surface area contributed by atoms with Gasteiger partial charge in [-0.25, -0.2) is 4.98 Å². The summed E-state index contributed by atoms with van der Waals surface area (Å²) in [6.07, 6.45) is 1.46. The Labute approximate surface area is 175 Å². The lowest BCUT2D eigenvalue weighted by atomic mass is 10.1. The SMILES string of the molecule is COc1cc([N+](=O)[O-])c(OC)cc1-c1nc2scc(C)n2c1/C=N/N=C(N)N.Cl. The van der Waals surface area contributed by atoms with Crippen molar-refractivity contribution in [2.75, 3.05) is 14.2 Å². The van der Waals surface area contributed by atoms with Crippen LogP contribution >= 0.6 is 23.7 Å². The van der Waals surface area contributed by atoms with E-state index in [1.165, 1.54) is 43.9 Å². The number of hydrogen-bond acceptors (Lipinski definition) is 8. The highest BCUT2D eigenvalue weighted by atomic mass is 35.5. The van der Waals surface area contributed by atoms with E-state index in [-0.39, 0.29) is 35.6 Å². The van der Waals surface area contributed by atoms with Crippen molar-refractivity contribution in [3.63, 3.8) is 0 Å². The van der Waals surface area contributed by atoms with Gasteiger partial charge < -0.3 is 20.9 Å². The maximum atomic E-state index is 11.3. The third-order valence-electron chi connectivity index (χ3n) is 3.88. The lowest BCUT2D eigenvalue weighted by Gasteiger charge is -2.10. The Hall–Kier alpha value is -3.38. The summed E-state index contributed by atoms with van der Waals surface area (Å²) in [5, 5.41) is 20.8. The summed E-state index contributed by atoms with van der Waals surface area (Å²) >= 11 is 1.44. The van der Waals surface area contributed by atoms with Crippen LogP contribution in [0.25, 0.3) is 16.2 Å². The zero-order chi connectivity index (χ0) is 20.4. The fourth-order valence-electron chi connectivity index (χ4n) is 2.70. The van der Waals surface area contributed by atoms with E-state index in [2.05, 4.69) is 15.2 Å². The molecule has 0 unspecified atom stereocenters. The number of nitro groups is 1. The van der Waals surface area contributed by atoms with Crippen LogP contribution in [0.5, 0.6) is 11.5 Å². The van der Waals surface area contributed by atoms with E-state index in [9.17, 15) is 10.1 Å². The zero-order valence-electron chi connectivity index (χ0n) is 15.6. The molecule has 0 atom stereocenters. The average Bonchev–Trinajstić information content (AvgIpc) is 3.20. The Morgan fingerprint density at radius 3 is 2.59 bits per heavy atom. The van der Waals surface area contributed by atoms with Crippen LogP contribution in [0.15, 0.2) is 27.7 Å². The number of ether oxygens (including phenoxy) is 2. The number of imidazole rings is 1. The van der Waals surface area contributed by atoms with Crippen molar-refractivity contribution in [2.45, 2.75) is 6.92 Å². The van der Waals surface area contributed by atoms with Crippen molar-refractivity contribution in [1.29, 1.82) is 0 Å². The first kappa shape index (κ1) is 21.9. The second kappa shape index (κ2) is 8.75. The number of hydrogen-bond donors (Lipinski definition) is 2. The standard InChI is InChI=1S/C16H17N7O4S.ClH/c1-8-7-28-16-20-14(11(22(8)16)6-19-21-15(17)18)9-4-13(27-3)10(23(24)25)5-12(9)26-2;/h4-7H,1-3H3,(H4,17,18,21);1H/b19-6+;. The third-order valence-corrected chi connectivity index (χ3v) is 4.82. The van der Waals surface area contributed by atoms with Gasteiger partial charge >= 0.3 is 5.69 Å². The van der Waals surface area contributed by atoms with Crippen LogP contribution in [0.3, 0.4) is 0 Å². The van der Waals surface area contributed by atoms with E-state index < -0.39 is 4.92 Å². The van der Waals surface area contributed by atoms with E-state index in [1.54, 1.807) is 0 Å². The Kier molecular flexibility index (Phi) is 6.61. The third kappa shape index (κ3) is 4.07. The Bertz CT molecular complexity index is 1120. The minimum absolute atomic E-state index is 0. The maximum absolute atomic E-state index is 11.3. The first-order chi connectivity index (χ1) is 13.4. The van der Waals surface area contributed by atoms with Crippen LogP contribution < -0.4 is 20.9 Å². The van der Waals surface area contributed by atoms with Crippen LogP contribution in [0.2, 0.25) is 0 Å². The van der Waals surface area contributed by atoms with Gasteiger partial charge in [0, 0.05) is 22.7 Å². The van der Waals surface area contributed by atoms with Crippen molar-refractivity contribution in [1.82, 2.24) is 9.38 Å². The molecule has 0 spiro atoms. The number of aryl methyl sites for hydroxylation is 1. The highest BCUT2D eigenvalue weighted by molar-refractivity contribution is 7.15. The minimum Gasteiger partial charge on any atom is -0.496 e. The van der Waals surface area contributed by atoms with E-state index >= 15 is 0 Å². The smallest absolute Gasteiger partial charge is 0.314 e. The summed E-state index contributed by atoms with van der Waals surface area (Å²) in [4.78, 5) is 16.1. The molecule has 4 N–H and O–H groups in total. The molecule has 3 aromatic rings. The number of benzene rings is 1.